The largest absolute Gasteiger partial charge is 0.272 e. The van der Waals surface area contributed by atoms with E-state index >= 15 is 0 Å². The zero-order valence-corrected chi connectivity index (χ0v) is 13.3. The molecule has 1 aromatic carbocycles. The first-order valence-electron chi connectivity index (χ1n) is 6.90. The van der Waals surface area contributed by atoms with Gasteiger partial charge in [0, 0.05) is 12.6 Å². The number of hydrazone groups is 1. The van der Waals surface area contributed by atoms with E-state index in [1.165, 1.54) is 16.8 Å². The minimum absolute atomic E-state index is 0.0300. The summed E-state index contributed by atoms with van der Waals surface area (Å²) in [4.78, 5) is 16.4. The van der Waals surface area contributed by atoms with E-state index in [4.69, 9.17) is 11.6 Å². The molecular formula is C16H14ClN3OS. The highest BCUT2D eigenvalue weighted by molar-refractivity contribution is 8.00. The van der Waals surface area contributed by atoms with E-state index in [2.05, 4.69) is 10.1 Å². The topological polar surface area (TPSA) is 45.6 Å². The lowest BCUT2D eigenvalue weighted by atomic mass is 10.1. The van der Waals surface area contributed by atoms with E-state index in [0.717, 1.165) is 17.7 Å². The van der Waals surface area contributed by atoms with Crippen LogP contribution in [0.2, 0.25) is 5.02 Å². The average Bonchev–Trinajstić information content (AvgIpc) is 3.05. The molecule has 2 aromatic rings. The molecule has 0 saturated carbocycles. The van der Waals surface area contributed by atoms with Crippen molar-refractivity contribution in [3.63, 3.8) is 0 Å². The number of amides is 1. The van der Waals surface area contributed by atoms with Gasteiger partial charge in [0.25, 0.3) is 5.91 Å². The minimum atomic E-state index is -0.0300. The van der Waals surface area contributed by atoms with Crippen molar-refractivity contribution in [3.05, 3.63) is 59.2 Å². The number of halogens is 1. The lowest BCUT2D eigenvalue weighted by Crippen LogP contribution is -2.25. The van der Waals surface area contributed by atoms with Crippen LogP contribution in [0.5, 0.6) is 0 Å². The highest BCUT2D eigenvalue weighted by Gasteiger charge is 2.21. The highest BCUT2D eigenvalue weighted by atomic mass is 35.5. The molecule has 0 atom stereocenters. The molecule has 1 amide bonds. The van der Waals surface area contributed by atoms with Gasteiger partial charge in [-0.2, -0.15) is 5.10 Å². The summed E-state index contributed by atoms with van der Waals surface area (Å²) in [5.41, 5.74) is 2.02. The fourth-order valence-corrected chi connectivity index (χ4v) is 3.19. The number of benzene rings is 1. The van der Waals surface area contributed by atoms with Crippen molar-refractivity contribution in [1.82, 2.24) is 9.99 Å². The molecule has 6 heteroatoms. The Hall–Kier alpha value is -1.85. The molecule has 1 aromatic heterocycles. The first-order valence-corrected chi connectivity index (χ1v) is 8.27. The molecule has 4 nitrogen and oxygen atoms in total. The summed E-state index contributed by atoms with van der Waals surface area (Å²) in [5, 5.41) is 7.20. The number of rotatable bonds is 4. The Morgan fingerprint density at radius 2 is 2.05 bits per heavy atom. The van der Waals surface area contributed by atoms with Gasteiger partial charge in [-0.15, -0.1) is 0 Å². The maximum Gasteiger partial charge on any atom is 0.253 e. The third-order valence-electron chi connectivity index (χ3n) is 3.25. The summed E-state index contributed by atoms with van der Waals surface area (Å²) < 4.78 is 0. The Bertz CT molecular complexity index is 706. The number of carbonyl (C=O) groups is 1. The molecule has 0 aliphatic carbocycles. The average molecular weight is 332 g/mol. The van der Waals surface area contributed by atoms with Gasteiger partial charge in [0.05, 0.1) is 23.0 Å². The quantitative estimate of drug-likeness (QED) is 0.806. The monoisotopic (exact) mass is 331 g/mol. The van der Waals surface area contributed by atoms with Crippen LogP contribution in [0, 0.1) is 0 Å². The molecule has 0 unspecified atom stereocenters. The third kappa shape index (κ3) is 3.48. The van der Waals surface area contributed by atoms with Gasteiger partial charge in [-0.3, -0.25) is 4.79 Å². The number of carbonyl (C=O) groups excluding carboxylic acids is 1. The van der Waals surface area contributed by atoms with Crippen molar-refractivity contribution in [3.8, 4) is 0 Å². The van der Waals surface area contributed by atoms with Gasteiger partial charge in [-0.05, 0) is 17.7 Å². The second-order valence-electron chi connectivity index (χ2n) is 4.76. The molecule has 22 heavy (non-hydrogen) atoms. The summed E-state index contributed by atoms with van der Waals surface area (Å²) in [6.07, 6.45) is 2.45. The van der Waals surface area contributed by atoms with Crippen LogP contribution in [0.1, 0.15) is 12.0 Å². The molecule has 2 heterocycles. The van der Waals surface area contributed by atoms with E-state index in [-0.39, 0.29) is 11.7 Å². The van der Waals surface area contributed by atoms with E-state index < -0.39 is 0 Å². The van der Waals surface area contributed by atoms with Crippen LogP contribution in [-0.2, 0) is 4.79 Å². The number of aromatic nitrogens is 1. The summed E-state index contributed by atoms with van der Waals surface area (Å²) in [6.45, 7) is 0.625. The van der Waals surface area contributed by atoms with Gasteiger partial charge in [-0.1, -0.05) is 53.7 Å². The summed E-state index contributed by atoms with van der Waals surface area (Å²) in [7, 11) is 0. The van der Waals surface area contributed by atoms with Gasteiger partial charge in [0.1, 0.15) is 5.03 Å². The van der Waals surface area contributed by atoms with Crippen LogP contribution in [0.3, 0.4) is 0 Å². The molecule has 0 radical (unpaired) electrons. The standard InChI is InChI=1S/C16H14ClN3OS/c17-13-7-4-9-18-16(13)22-11-15(21)20-10-8-14(19-20)12-5-2-1-3-6-12/h1-7,9H,8,10-11H2. The number of hydrogen-bond donors (Lipinski definition) is 0. The predicted molar refractivity (Wildman–Crippen MR) is 89.3 cm³/mol. The van der Waals surface area contributed by atoms with Crippen LogP contribution >= 0.6 is 23.4 Å². The van der Waals surface area contributed by atoms with Gasteiger partial charge in [0.15, 0.2) is 0 Å². The Morgan fingerprint density at radius 1 is 1.23 bits per heavy atom. The first kappa shape index (κ1) is 15.1. The second-order valence-corrected chi connectivity index (χ2v) is 6.13. The van der Waals surface area contributed by atoms with Crippen molar-refractivity contribution >= 4 is 35.0 Å². The SMILES string of the molecule is O=C(CSc1ncccc1Cl)N1CCC(c2ccccc2)=N1. The van der Waals surface area contributed by atoms with Crippen LogP contribution in [0.25, 0.3) is 0 Å². The van der Waals surface area contributed by atoms with Crippen LogP contribution in [-0.4, -0.2) is 33.9 Å². The second kappa shape index (κ2) is 6.94. The summed E-state index contributed by atoms with van der Waals surface area (Å²) >= 11 is 7.37. The molecule has 0 fully saturated rings. The molecule has 1 aliphatic heterocycles. The zero-order valence-electron chi connectivity index (χ0n) is 11.8. The van der Waals surface area contributed by atoms with Gasteiger partial charge >= 0.3 is 0 Å². The molecule has 0 spiro atoms. The molecule has 3 rings (SSSR count). The third-order valence-corrected chi connectivity index (χ3v) is 4.66. The first-order chi connectivity index (χ1) is 10.7. The fraction of sp³-hybridized carbons (Fsp3) is 0.188. The number of nitrogens with zero attached hydrogens (tertiary/aromatic N) is 3. The normalized spacial score (nSPS) is 14.0. The van der Waals surface area contributed by atoms with Crippen LogP contribution in [0.15, 0.2) is 58.8 Å². The Morgan fingerprint density at radius 3 is 2.82 bits per heavy atom. The van der Waals surface area contributed by atoms with E-state index in [1.807, 2.05) is 30.3 Å². The number of pyridine rings is 1. The predicted octanol–water partition coefficient (Wildman–Crippen LogP) is 3.46. The van der Waals surface area contributed by atoms with E-state index in [0.29, 0.717) is 16.6 Å². The Labute approximate surface area is 138 Å². The molecule has 0 saturated heterocycles. The molecule has 0 bridgehead atoms. The van der Waals surface area contributed by atoms with Crippen molar-refractivity contribution in [2.24, 2.45) is 5.10 Å². The summed E-state index contributed by atoms with van der Waals surface area (Å²) in [5.74, 6) is 0.250. The van der Waals surface area contributed by atoms with E-state index in [1.54, 1.807) is 18.3 Å². The van der Waals surface area contributed by atoms with Crippen molar-refractivity contribution < 1.29 is 4.79 Å². The van der Waals surface area contributed by atoms with Crippen LogP contribution < -0.4 is 0 Å². The summed E-state index contributed by atoms with van der Waals surface area (Å²) in [6, 6.07) is 13.5. The van der Waals surface area contributed by atoms with Gasteiger partial charge < -0.3 is 0 Å². The lowest BCUT2D eigenvalue weighted by molar-refractivity contribution is -0.127. The highest BCUT2D eigenvalue weighted by Crippen LogP contribution is 2.25. The fourth-order valence-electron chi connectivity index (χ4n) is 2.15. The minimum Gasteiger partial charge on any atom is -0.272 e. The Kier molecular flexibility index (Phi) is 4.75. The molecule has 112 valence electrons. The maximum absolute atomic E-state index is 12.2. The van der Waals surface area contributed by atoms with Crippen molar-refractivity contribution in [2.75, 3.05) is 12.3 Å². The molecule has 0 N–H and O–H groups in total. The van der Waals surface area contributed by atoms with Crippen molar-refractivity contribution in [2.45, 2.75) is 11.4 Å². The molecular weight excluding hydrogens is 318 g/mol. The number of thioether (sulfide) groups is 1. The Balaban J connectivity index is 1.62. The van der Waals surface area contributed by atoms with E-state index in [9.17, 15) is 4.79 Å². The van der Waals surface area contributed by atoms with Crippen molar-refractivity contribution in [1.29, 1.82) is 0 Å². The van der Waals surface area contributed by atoms with Gasteiger partial charge in [-0.25, -0.2) is 9.99 Å². The maximum atomic E-state index is 12.2. The molecule has 1 aliphatic rings. The zero-order chi connectivity index (χ0) is 15.4. The van der Waals surface area contributed by atoms with Gasteiger partial charge in [0.2, 0.25) is 0 Å². The lowest BCUT2D eigenvalue weighted by Gasteiger charge is -2.10. The number of hydrogen-bond acceptors (Lipinski definition) is 4. The smallest absolute Gasteiger partial charge is 0.253 e. The van der Waals surface area contributed by atoms with Crippen LogP contribution in [0.4, 0.5) is 0 Å².